The first-order valence-electron chi connectivity index (χ1n) is 2.29. The highest BCUT2D eigenvalue weighted by molar-refractivity contribution is 9.09. The molecule has 0 aliphatic heterocycles. The Hall–Kier alpha value is 0.400. The molecule has 0 aromatic rings. The van der Waals surface area contributed by atoms with Crippen molar-refractivity contribution in [2.75, 3.05) is 11.9 Å². The lowest BCUT2D eigenvalue weighted by molar-refractivity contribution is 0.135. The highest BCUT2D eigenvalue weighted by Gasteiger charge is 1.81. The molecule has 2 N–H and O–H groups in total. The van der Waals surface area contributed by atoms with Crippen molar-refractivity contribution in [2.24, 2.45) is 5.90 Å². The zero-order valence-corrected chi connectivity index (χ0v) is 5.78. The first kappa shape index (κ1) is 7.40. The quantitative estimate of drug-likeness (QED) is 0.386. The van der Waals surface area contributed by atoms with Crippen molar-refractivity contribution in [3.05, 3.63) is 0 Å². The molecule has 0 saturated carbocycles. The van der Waals surface area contributed by atoms with Crippen LogP contribution in [0.5, 0.6) is 0 Å². The summed E-state index contributed by atoms with van der Waals surface area (Å²) in [7, 11) is 0. The molecule has 7 heavy (non-hydrogen) atoms. The topological polar surface area (TPSA) is 35.2 Å². The third-order valence-electron chi connectivity index (χ3n) is 0.646. The molecular weight excluding hydrogens is 158 g/mol. The average molecular weight is 168 g/mol. The van der Waals surface area contributed by atoms with E-state index in [-0.39, 0.29) is 0 Å². The highest BCUT2D eigenvalue weighted by Crippen LogP contribution is 1.91. The van der Waals surface area contributed by atoms with Gasteiger partial charge >= 0.3 is 0 Å². The van der Waals surface area contributed by atoms with Crippen molar-refractivity contribution >= 4 is 15.9 Å². The van der Waals surface area contributed by atoms with Crippen LogP contribution in [0.4, 0.5) is 0 Å². The van der Waals surface area contributed by atoms with Gasteiger partial charge in [-0.2, -0.15) is 0 Å². The third kappa shape index (κ3) is 6.40. The van der Waals surface area contributed by atoms with Gasteiger partial charge in [-0.1, -0.05) is 15.9 Å². The van der Waals surface area contributed by atoms with Crippen molar-refractivity contribution in [2.45, 2.75) is 12.8 Å². The minimum Gasteiger partial charge on any atom is -0.305 e. The van der Waals surface area contributed by atoms with Crippen molar-refractivity contribution in [1.29, 1.82) is 0 Å². The van der Waals surface area contributed by atoms with E-state index in [2.05, 4.69) is 20.8 Å². The maximum Gasteiger partial charge on any atom is 0.0679 e. The van der Waals surface area contributed by atoms with E-state index >= 15 is 0 Å². The SMILES string of the molecule is NOCCCCBr. The minimum atomic E-state index is 0.672. The molecule has 0 rings (SSSR count). The Morgan fingerprint density at radius 1 is 1.43 bits per heavy atom. The second-order valence-corrected chi connectivity index (χ2v) is 2.06. The average Bonchev–Trinajstić information content (AvgIpc) is 1.69. The number of halogens is 1. The molecule has 0 aromatic heterocycles. The summed E-state index contributed by atoms with van der Waals surface area (Å²) in [5.74, 6) is 4.75. The first-order valence-corrected chi connectivity index (χ1v) is 3.41. The van der Waals surface area contributed by atoms with Crippen LogP contribution in [-0.2, 0) is 4.84 Å². The molecule has 3 heteroatoms. The molecule has 44 valence electrons. The molecule has 0 radical (unpaired) electrons. The number of alkyl halides is 1. The van der Waals surface area contributed by atoms with Gasteiger partial charge in [0.25, 0.3) is 0 Å². The van der Waals surface area contributed by atoms with E-state index in [1.165, 1.54) is 0 Å². The van der Waals surface area contributed by atoms with E-state index in [1.54, 1.807) is 0 Å². The zero-order valence-electron chi connectivity index (χ0n) is 4.19. The van der Waals surface area contributed by atoms with Gasteiger partial charge in [-0.3, -0.25) is 0 Å². The van der Waals surface area contributed by atoms with Crippen molar-refractivity contribution < 1.29 is 4.84 Å². The fraction of sp³-hybridized carbons (Fsp3) is 1.00. The number of nitrogens with two attached hydrogens (primary N) is 1. The summed E-state index contributed by atoms with van der Waals surface area (Å²) in [6.45, 7) is 0.672. The fourth-order valence-corrected chi connectivity index (χ4v) is 0.676. The smallest absolute Gasteiger partial charge is 0.0679 e. The molecule has 0 amide bonds. The van der Waals surface area contributed by atoms with E-state index in [4.69, 9.17) is 5.90 Å². The van der Waals surface area contributed by atoms with Gasteiger partial charge in [0.1, 0.15) is 0 Å². The van der Waals surface area contributed by atoms with Crippen LogP contribution in [0.3, 0.4) is 0 Å². The van der Waals surface area contributed by atoms with Crippen LogP contribution >= 0.6 is 15.9 Å². The Morgan fingerprint density at radius 2 is 2.14 bits per heavy atom. The summed E-state index contributed by atoms with van der Waals surface area (Å²) in [5, 5.41) is 1.04. The molecule has 0 aliphatic rings. The molecular formula is C4H10BrNO. The van der Waals surface area contributed by atoms with E-state index in [0.29, 0.717) is 6.61 Å². The molecule has 0 fully saturated rings. The van der Waals surface area contributed by atoms with Gasteiger partial charge in [0.15, 0.2) is 0 Å². The largest absolute Gasteiger partial charge is 0.305 e. The second kappa shape index (κ2) is 6.40. The van der Waals surface area contributed by atoms with Crippen LogP contribution in [0.1, 0.15) is 12.8 Å². The summed E-state index contributed by atoms with van der Waals surface area (Å²) in [4.78, 5) is 4.32. The Balaban J connectivity index is 2.45. The summed E-state index contributed by atoms with van der Waals surface area (Å²) < 4.78 is 0. The van der Waals surface area contributed by atoms with Crippen LogP contribution in [-0.4, -0.2) is 11.9 Å². The fourth-order valence-electron chi connectivity index (χ4n) is 0.280. The molecule has 0 unspecified atom stereocenters. The molecule has 0 spiro atoms. The number of hydrogen-bond acceptors (Lipinski definition) is 2. The van der Waals surface area contributed by atoms with Gasteiger partial charge in [0.05, 0.1) is 6.61 Å². The van der Waals surface area contributed by atoms with Crippen LogP contribution in [0.2, 0.25) is 0 Å². The zero-order chi connectivity index (χ0) is 5.54. The monoisotopic (exact) mass is 167 g/mol. The number of unbranched alkanes of at least 4 members (excludes halogenated alkanes) is 1. The molecule has 0 bridgehead atoms. The molecule has 0 saturated heterocycles. The van der Waals surface area contributed by atoms with Gasteiger partial charge < -0.3 is 4.84 Å². The van der Waals surface area contributed by atoms with E-state index in [9.17, 15) is 0 Å². The standard InChI is InChI=1S/C4H10BrNO/c5-3-1-2-4-7-6/h1-4,6H2. The van der Waals surface area contributed by atoms with Crippen LogP contribution in [0.25, 0.3) is 0 Å². The van der Waals surface area contributed by atoms with Gasteiger partial charge in [-0.25, -0.2) is 5.90 Å². The van der Waals surface area contributed by atoms with Crippen molar-refractivity contribution in [3.63, 3.8) is 0 Å². The molecule has 0 atom stereocenters. The first-order chi connectivity index (χ1) is 3.41. The van der Waals surface area contributed by atoms with Gasteiger partial charge in [0, 0.05) is 5.33 Å². The summed E-state index contributed by atoms with van der Waals surface area (Å²) >= 11 is 3.28. The predicted molar refractivity (Wildman–Crippen MR) is 33.2 cm³/mol. The summed E-state index contributed by atoms with van der Waals surface area (Å²) in [6.07, 6.45) is 2.18. The lowest BCUT2D eigenvalue weighted by atomic mass is 10.4. The predicted octanol–water partition coefficient (Wildman–Crippen LogP) is 1.05. The Bertz CT molecular complexity index is 30.9. The lowest BCUT2D eigenvalue weighted by Gasteiger charge is -1.91. The molecule has 2 nitrogen and oxygen atoms in total. The third-order valence-corrected chi connectivity index (χ3v) is 1.21. The Kier molecular flexibility index (Phi) is 6.77. The minimum absolute atomic E-state index is 0.672. The van der Waals surface area contributed by atoms with Gasteiger partial charge in [-0.15, -0.1) is 0 Å². The van der Waals surface area contributed by atoms with Gasteiger partial charge in [0.2, 0.25) is 0 Å². The van der Waals surface area contributed by atoms with E-state index < -0.39 is 0 Å². The number of hydrogen-bond donors (Lipinski definition) is 1. The maximum absolute atomic E-state index is 4.75. The van der Waals surface area contributed by atoms with E-state index in [1.807, 2.05) is 0 Å². The normalized spacial score (nSPS) is 9.43. The van der Waals surface area contributed by atoms with Crippen LogP contribution in [0, 0.1) is 0 Å². The maximum atomic E-state index is 4.75. The second-order valence-electron chi connectivity index (χ2n) is 1.27. The van der Waals surface area contributed by atoms with Crippen LogP contribution in [0.15, 0.2) is 0 Å². The van der Waals surface area contributed by atoms with Crippen molar-refractivity contribution in [1.82, 2.24) is 0 Å². The number of rotatable bonds is 4. The van der Waals surface area contributed by atoms with Gasteiger partial charge in [-0.05, 0) is 12.8 Å². The molecule has 0 aromatic carbocycles. The van der Waals surface area contributed by atoms with Crippen molar-refractivity contribution in [3.8, 4) is 0 Å². The lowest BCUT2D eigenvalue weighted by Crippen LogP contribution is -2.00. The molecule has 0 aliphatic carbocycles. The summed E-state index contributed by atoms with van der Waals surface area (Å²) in [6, 6.07) is 0. The highest BCUT2D eigenvalue weighted by atomic mass is 79.9. The van der Waals surface area contributed by atoms with E-state index in [0.717, 1.165) is 18.2 Å². The Labute approximate surface area is 52.1 Å². The summed E-state index contributed by atoms with van der Waals surface area (Å²) in [5.41, 5.74) is 0. The Morgan fingerprint density at radius 3 is 2.57 bits per heavy atom. The van der Waals surface area contributed by atoms with Crippen LogP contribution < -0.4 is 5.90 Å². The molecule has 0 heterocycles.